The predicted octanol–water partition coefficient (Wildman–Crippen LogP) is 0.603. The molecule has 0 unspecified atom stereocenters. The average molecular weight is 386 g/mol. The highest BCUT2D eigenvalue weighted by molar-refractivity contribution is 7.14. The molecule has 2 amide bonds. The molecule has 0 aliphatic carbocycles. The molecule has 2 N–H and O–H groups in total. The van der Waals surface area contributed by atoms with Crippen molar-refractivity contribution < 1.29 is 9.59 Å². The van der Waals surface area contributed by atoms with Crippen molar-refractivity contribution in [3.63, 3.8) is 0 Å². The van der Waals surface area contributed by atoms with Crippen LogP contribution in [0.4, 0.5) is 0 Å². The minimum Gasteiger partial charge on any atom is -0.357 e. The molecule has 140 valence electrons. The maximum Gasteiger partial charge on any atom is 0.273 e. The van der Waals surface area contributed by atoms with E-state index in [9.17, 15) is 9.59 Å². The van der Waals surface area contributed by atoms with Gasteiger partial charge in [-0.05, 0) is 26.0 Å². The number of rotatable bonds is 6. The van der Waals surface area contributed by atoms with Gasteiger partial charge in [0.25, 0.3) is 5.91 Å². The fourth-order valence-corrected chi connectivity index (χ4v) is 3.02. The molecule has 10 nitrogen and oxygen atoms in total. The third-order valence-corrected chi connectivity index (χ3v) is 4.85. The molecular weight excluding hydrogens is 368 g/mol. The third-order valence-electron chi connectivity index (χ3n) is 3.88. The van der Waals surface area contributed by atoms with Crippen LogP contribution < -0.4 is 10.6 Å². The summed E-state index contributed by atoms with van der Waals surface area (Å²) < 4.78 is 1.35. The minimum absolute atomic E-state index is 0.117. The fraction of sp³-hybridized carbons (Fsp3) is 0.312. The van der Waals surface area contributed by atoms with Crippen molar-refractivity contribution in [3.8, 4) is 10.6 Å². The Morgan fingerprint density at radius 3 is 2.63 bits per heavy atom. The van der Waals surface area contributed by atoms with Crippen LogP contribution in [0.15, 0.2) is 30.7 Å². The number of carbonyl (C=O) groups is 2. The fourth-order valence-electron chi connectivity index (χ4n) is 2.23. The number of carbonyl (C=O) groups excluding carboxylic acids is 2. The van der Waals surface area contributed by atoms with Gasteiger partial charge in [0, 0.05) is 25.0 Å². The average Bonchev–Trinajstić information content (AvgIpc) is 3.36. The Balaban J connectivity index is 1.64. The summed E-state index contributed by atoms with van der Waals surface area (Å²) in [6.07, 6.45) is 4.80. The van der Waals surface area contributed by atoms with Crippen LogP contribution in [0.3, 0.4) is 0 Å². The molecule has 0 bridgehead atoms. The van der Waals surface area contributed by atoms with Gasteiger partial charge in [-0.15, -0.1) is 15.3 Å². The first-order valence-corrected chi connectivity index (χ1v) is 8.89. The van der Waals surface area contributed by atoms with Crippen molar-refractivity contribution in [1.29, 1.82) is 0 Å². The monoisotopic (exact) mass is 386 g/mol. The zero-order chi connectivity index (χ0) is 19.4. The van der Waals surface area contributed by atoms with Gasteiger partial charge in [0.15, 0.2) is 5.69 Å². The molecule has 0 aliphatic rings. The van der Waals surface area contributed by atoms with E-state index < -0.39 is 11.4 Å². The number of pyridine rings is 1. The van der Waals surface area contributed by atoms with Gasteiger partial charge in [0.2, 0.25) is 5.91 Å². The van der Waals surface area contributed by atoms with Gasteiger partial charge in [0.05, 0.1) is 12.7 Å². The van der Waals surface area contributed by atoms with E-state index in [4.69, 9.17) is 0 Å². The molecule has 0 aliphatic heterocycles. The van der Waals surface area contributed by atoms with Gasteiger partial charge >= 0.3 is 0 Å². The number of hydrogen-bond donors (Lipinski definition) is 2. The van der Waals surface area contributed by atoms with Crippen LogP contribution in [0.1, 0.15) is 29.3 Å². The number of aromatic nitrogens is 6. The minimum atomic E-state index is -0.959. The van der Waals surface area contributed by atoms with Gasteiger partial charge in [-0.2, -0.15) is 0 Å². The first-order valence-electron chi connectivity index (χ1n) is 8.08. The molecule has 0 fully saturated rings. The summed E-state index contributed by atoms with van der Waals surface area (Å²) in [5, 5.41) is 22.6. The largest absolute Gasteiger partial charge is 0.357 e. The highest BCUT2D eigenvalue weighted by Gasteiger charge is 2.31. The number of nitrogens with zero attached hydrogens (tertiary/aromatic N) is 6. The van der Waals surface area contributed by atoms with Crippen LogP contribution in [0.5, 0.6) is 0 Å². The van der Waals surface area contributed by atoms with Crippen molar-refractivity contribution in [2.75, 3.05) is 7.05 Å². The lowest BCUT2D eigenvalue weighted by Gasteiger charge is -2.21. The Bertz CT molecular complexity index is 950. The van der Waals surface area contributed by atoms with Gasteiger partial charge < -0.3 is 10.6 Å². The summed E-state index contributed by atoms with van der Waals surface area (Å²) in [5.41, 5.74) is 0.0733. The second-order valence-electron chi connectivity index (χ2n) is 6.11. The van der Waals surface area contributed by atoms with Crippen molar-refractivity contribution in [2.45, 2.75) is 25.9 Å². The molecule has 3 rings (SSSR count). The Kier molecular flexibility index (Phi) is 5.21. The van der Waals surface area contributed by atoms with Crippen LogP contribution >= 0.6 is 11.3 Å². The second kappa shape index (κ2) is 7.58. The van der Waals surface area contributed by atoms with Crippen LogP contribution in [-0.2, 0) is 16.9 Å². The van der Waals surface area contributed by atoms with Crippen LogP contribution in [0, 0.1) is 0 Å². The summed E-state index contributed by atoms with van der Waals surface area (Å²) in [7, 11) is 1.54. The lowest BCUT2D eigenvalue weighted by Crippen LogP contribution is -2.43. The molecular formula is C16H18N8O2S. The summed E-state index contributed by atoms with van der Waals surface area (Å²) in [5.74, 6) is -0.647. The number of amides is 2. The Labute approximate surface area is 159 Å². The lowest BCUT2D eigenvalue weighted by atomic mass is 10.1. The maximum atomic E-state index is 12.3. The van der Waals surface area contributed by atoms with E-state index in [1.54, 1.807) is 26.2 Å². The highest BCUT2D eigenvalue weighted by Crippen LogP contribution is 2.22. The molecule has 27 heavy (non-hydrogen) atoms. The Morgan fingerprint density at radius 2 is 1.93 bits per heavy atom. The molecule has 11 heteroatoms. The zero-order valence-electron chi connectivity index (χ0n) is 15.0. The van der Waals surface area contributed by atoms with Gasteiger partial charge in [-0.25, -0.2) is 4.68 Å². The quantitative estimate of drug-likeness (QED) is 0.635. The smallest absolute Gasteiger partial charge is 0.273 e. The third kappa shape index (κ3) is 3.97. The van der Waals surface area contributed by atoms with E-state index in [1.165, 1.54) is 29.3 Å². The molecule has 0 spiro atoms. The number of hydrogen-bond acceptors (Lipinski definition) is 8. The van der Waals surface area contributed by atoms with Gasteiger partial charge in [-0.3, -0.25) is 14.6 Å². The standard InChI is InChI=1S/C16H18N8O2S/c1-16(2,15(26)17-3)24-9-11(20-23-24)13(25)19-8-12-21-22-14(27-12)10-4-6-18-7-5-10/h4-7,9H,8H2,1-3H3,(H,17,26)(H,19,25). The molecule has 3 aromatic heterocycles. The topological polar surface area (TPSA) is 128 Å². The van der Waals surface area contributed by atoms with Crippen LogP contribution in [0.2, 0.25) is 0 Å². The van der Waals surface area contributed by atoms with E-state index >= 15 is 0 Å². The van der Waals surface area contributed by atoms with Crippen molar-refractivity contribution >= 4 is 23.2 Å². The van der Waals surface area contributed by atoms with Crippen molar-refractivity contribution in [1.82, 2.24) is 40.8 Å². The SMILES string of the molecule is CNC(=O)C(C)(C)n1cc(C(=O)NCc2nnc(-c3ccncc3)s2)nn1. The van der Waals surface area contributed by atoms with E-state index in [0.29, 0.717) is 5.01 Å². The number of nitrogens with one attached hydrogen (secondary N) is 2. The first-order chi connectivity index (χ1) is 12.9. The summed E-state index contributed by atoms with van der Waals surface area (Å²) in [4.78, 5) is 28.2. The predicted molar refractivity (Wildman–Crippen MR) is 97.7 cm³/mol. The maximum absolute atomic E-state index is 12.3. The van der Waals surface area contributed by atoms with Crippen LogP contribution in [-0.4, -0.2) is 49.0 Å². The normalized spacial score (nSPS) is 11.2. The zero-order valence-corrected chi connectivity index (χ0v) is 15.8. The summed E-state index contributed by atoms with van der Waals surface area (Å²) in [6, 6.07) is 3.69. The summed E-state index contributed by atoms with van der Waals surface area (Å²) in [6.45, 7) is 3.58. The molecule has 0 atom stereocenters. The molecule has 0 saturated heterocycles. The Hall–Kier alpha value is -3.21. The van der Waals surface area contributed by atoms with Crippen LogP contribution in [0.25, 0.3) is 10.6 Å². The van der Waals surface area contributed by atoms with E-state index in [2.05, 4.69) is 36.1 Å². The molecule has 3 heterocycles. The van der Waals surface area contributed by atoms with E-state index in [-0.39, 0.29) is 18.1 Å². The highest BCUT2D eigenvalue weighted by atomic mass is 32.1. The molecule has 0 radical (unpaired) electrons. The number of likely N-dealkylation sites (N-methyl/N-ethyl adjacent to an activating group) is 1. The Morgan fingerprint density at radius 1 is 1.19 bits per heavy atom. The van der Waals surface area contributed by atoms with Gasteiger partial charge in [0.1, 0.15) is 15.6 Å². The molecule has 3 aromatic rings. The summed E-state index contributed by atoms with van der Waals surface area (Å²) >= 11 is 1.38. The first kappa shape index (κ1) is 18.6. The van der Waals surface area contributed by atoms with Gasteiger partial charge in [-0.1, -0.05) is 16.6 Å². The van der Waals surface area contributed by atoms with E-state index in [0.717, 1.165) is 10.6 Å². The molecule has 0 aromatic carbocycles. The second-order valence-corrected chi connectivity index (χ2v) is 7.17. The molecule has 0 saturated carbocycles. The van der Waals surface area contributed by atoms with E-state index in [1.807, 2.05) is 12.1 Å². The van der Waals surface area contributed by atoms with Crippen molar-refractivity contribution in [3.05, 3.63) is 41.4 Å². The lowest BCUT2D eigenvalue weighted by molar-refractivity contribution is -0.128. The van der Waals surface area contributed by atoms with Crippen molar-refractivity contribution in [2.24, 2.45) is 0 Å².